The number of likely N-dealkylation sites (tertiary alicyclic amines) is 1. The Morgan fingerprint density at radius 2 is 2.00 bits per heavy atom. The molecule has 20 heavy (non-hydrogen) atoms. The number of piperidine rings is 1. The van der Waals surface area contributed by atoms with Gasteiger partial charge in [0.25, 0.3) is 0 Å². The van der Waals surface area contributed by atoms with Gasteiger partial charge in [0.15, 0.2) is 0 Å². The summed E-state index contributed by atoms with van der Waals surface area (Å²) in [4.78, 5) is 6.90. The van der Waals surface area contributed by atoms with Crippen molar-refractivity contribution in [2.45, 2.75) is 19.3 Å². The van der Waals surface area contributed by atoms with Crippen molar-refractivity contribution in [1.29, 1.82) is 0 Å². The fraction of sp³-hybridized carbons (Fsp3) is 0.438. The Morgan fingerprint density at radius 3 is 2.85 bits per heavy atom. The summed E-state index contributed by atoms with van der Waals surface area (Å²) in [6, 6.07) is 8.01. The van der Waals surface area contributed by atoms with E-state index in [1.54, 1.807) is 6.20 Å². The molecule has 2 heterocycles. The lowest BCUT2D eigenvalue weighted by atomic mass is 10.1. The summed E-state index contributed by atoms with van der Waals surface area (Å²) in [5.74, 6) is 0. The lowest BCUT2D eigenvalue weighted by Crippen LogP contribution is -2.33. The van der Waals surface area contributed by atoms with E-state index in [1.807, 2.05) is 12.1 Å². The first-order chi connectivity index (χ1) is 9.84. The van der Waals surface area contributed by atoms with Gasteiger partial charge in [0, 0.05) is 30.4 Å². The number of anilines is 2. The zero-order chi connectivity index (χ0) is 13.8. The Hall–Kier alpha value is -1.81. The first-order valence-corrected chi connectivity index (χ1v) is 7.44. The number of rotatable bonds is 4. The van der Waals surface area contributed by atoms with Gasteiger partial charge in [-0.1, -0.05) is 6.42 Å². The zero-order valence-electron chi connectivity index (χ0n) is 11.8. The van der Waals surface area contributed by atoms with Gasteiger partial charge in [0.2, 0.25) is 0 Å². The Kier molecular flexibility index (Phi) is 4.02. The molecule has 0 unspecified atom stereocenters. The predicted octanol–water partition coefficient (Wildman–Crippen LogP) is 2.71. The van der Waals surface area contributed by atoms with Crippen molar-refractivity contribution in [2.75, 3.05) is 37.2 Å². The van der Waals surface area contributed by atoms with Gasteiger partial charge in [0.05, 0.1) is 11.2 Å². The van der Waals surface area contributed by atoms with Gasteiger partial charge in [-0.2, -0.15) is 0 Å². The molecule has 1 aliphatic heterocycles. The van der Waals surface area contributed by atoms with Crippen LogP contribution in [-0.2, 0) is 0 Å². The van der Waals surface area contributed by atoms with Crippen LogP contribution in [0.4, 0.5) is 11.4 Å². The SMILES string of the molecule is Nc1ccc(NCCN2CCCCC2)c2cccnc12. The van der Waals surface area contributed by atoms with E-state index >= 15 is 0 Å². The normalized spacial score (nSPS) is 16.4. The van der Waals surface area contributed by atoms with E-state index in [-0.39, 0.29) is 0 Å². The molecule has 1 aromatic carbocycles. The molecular weight excluding hydrogens is 248 g/mol. The van der Waals surface area contributed by atoms with Crippen LogP contribution in [0.3, 0.4) is 0 Å². The number of hydrogen-bond donors (Lipinski definition) is 2. The van der Waals surface area contributed by atoms with E-state index in [0.29, 0.717) is 0 Å². The van der Waals surface area contributed by atoms with Crippen molar-refractivity contribution < 1.29 is 0 Å². The molecule has 3 rings (SSSR count). The van der Waals surface area contributed by atoms with Crippen LogP contribution in [0.15, 0.2) is 30.5 Å². The first kappa shape index (κ1) is 13.2. The fourth-order valence-electron chi connectivity index (χ4n) is 2.88. The number of fused-ring (bicyclic) bond motifs is 1. The van der Waals surface area contributed by atoms with E-state index in [1.165, 1.54) is 32.4 Å². The molecule has 2 aromatic rings. The summed E-state index contributed by atoms with van der Waals surface area (Å²) in [7, 11) is 0. The van der Waals surface area contributed by atoms with Crippen LogP contribution in [0, 0.1) is 0 Å². The van der Waals surface area contributed by atoms with E-state index in [9.17, 15) is 0 Å². The third-order valence-electron chi connectivity index (χ3n) is 3.99. The van der Waals surface area contributed by atoms with Crippen LogP contribution >= 0.6 is 0 Å². The number of nitrogens with two attached hydrogens (primary N) is 1. The molecular formula is C16H22N4. The largest absolute Gasteiger partial charge is 0.397 e. The maximum atomic E-state index is 5.97. The highest BCUT2D eigenvalue weighted by Crippen LogP contribution is 2.26. The van der Waals surface area contributed by atoms with Crippen molar-refractivity contribution >= 4 is 22.3 Å². The number of pyridine rings is 1. The van der Waals surface area contributed by atoms with E-state index < -0.39 is 0 Å². The smallest absolute Gasteiger partial charge is 0.0951 e. The Labute approximate surface area is 120 Å². The minimum atomic E-state index is 0.738. The summed E-state index contributed by atoms with van der Waals surface area (Å²) < 4.78 is 0. The predicted molar refractivity (Wildman–Crippen MR) is 84.9 cm³/mol. The maximum Gasteiger partial charge on any atom is 0.0951 e. The van der Waals surface area contributed by atoms with Gasteiger partial charge in [-0.15, -0.1) is 0 Å². The number of nitrogen functional groups attached to an aromatic ring is 1. The van der Waals surface area contributed by atoms with Crippen LogP contribution in [0.5, 0.6) is 0 Å². The van der Waals surface area contributed by atoms with Crippen molar-refractivity contribution in [3.05, 3.63) is 30.5 Å². The highest BCUT2D eigenvalue weighted by molar-refractivity contribution is 5.98. The van der Waals surface area contributed by atoms with Crippen molar-refractivity contribution in [1.82, 2.24) is 9.88 Å². The standard InChI is InChI=1S/C16H22N4/c17-14-6-7-15(13-5-4-8-19-16(13)14)18-9-12-20-10-2-1-3-11-20/h4-8,18H,1-3,9-12,17H2. The number of benzene rings is 1. The minimum Gasteiger partial charge on any atom is -0.397 e. The van der Waals surface area contributed by atoms with Crippen LogP contribution in [0.25, 0.3) is 10.9 Å². The lowest BCUT2D eigenvalue weighted by Gasteiger charge is -2.26. The van der Waals surface area contributed by atoms with Gasteiger partial charge in [0.1, 0.15) is 0 Å². The van der Waals surface area contributed by atoms with Gasteiger partial charge in [-0.3, -0.25) is 4.98 Å². The molecule has 0 aliphatic carbocycles. The molecule has 1 fully saturated rings. The highest BCUT2D eigenvalue weighted by atomic mass is 15.1. The number of nitrogens with one attached hydrogen (secondary N) is 1. The first-order valence-electron chi connectivity index (χ1n) is 7.44. The molecule has 3 N–H and O–H groups in total. The molecule has 0 atom stereocenters. The zero-order valence-corrected chi connectivity index (χ0v) is 11.8. The lowest BCUT2D eigenvalue weighted by molar-refractivity contribution is 0.237. The second kappa shape index (κ2) is 6.09. The fourth-order valence-corrected chi connectivity index (χ4v) is 2.88. The molecule has 4 heteroatoms. The molecule has 0 saturated carbocycles. The van der Waals surface area contributed by atoms with Crippen molar-refractivity contribution in [3.8, 4) is 0 Å². The summed E-state index contributed by atoms with van der Waals surface area (Å²) in [5.41, 5.74) is 8.72. The number of aromatic nitrogens is 1. The average molecular weight is 270 g/mol. The maximum absolute atomic E-state index is 5.97. The third-order valence-corrected chi connectivity index (χ3v) is 3.99. The minimum absolute atomic E-state index is 0.738. The van der Waals surface area contributed by atoms with Gasteiger partial charge < -0.3 is 16.0 Å². The molecule has 0 bridgehead atoms. The molecule has 1 aliphatic rings. The van der Waals surface area contributed by atoms with E-state index in [0.717, 1.165) is 35.4 Å². The summed E-state index contributed by atoms with van der Waals surface area (Å²) in [6.07, 6.45) is 5.86. The Bertz CT molecular complexity index is 576. The third kappa shape index (κ3) is 2.85. The molecule has 1 saturated heterocycles. The summed E-state index contributed by atoms with van der Waals surface area (Å²) in [6.45, 7) is 4.55. The van der Waals surface area contributed by atoms with Crippen molar-refractivity contribution in [2.24, 2.45) is 0 Å². The molecule has 0 amide bonds. The summed E-state index contributed by atoms with van der Waals surface area (Å²) in [5, 5.41) is 4.63. The van der Waals surface area contributed by atoms with Gasteiger partial charge in [-0.05, 0) is 50.2 Å². The molecule has 4 nitrogen and oxygen atoms in total. The van der Waals surface area contributed by atoms with Crippen LogP contribution in [0.1, 0.15) is 19.3 Å². The Balaban J connectivity index is 1.67. The second-order valence-corrected chi connectivity index (χ2v) is 5.43. The monoisotopic (exact) mass is 270 g/mol. The Morgan fingerprint density at radius 1 is 1.15 bits per heavy atom. The second-order valence-electron chi connectivity index (χ2n) is 5.43. The quantitative estimate of drug-likeness (QED) is 0.839. The number of hydrogen-bond acceptors (Lipinski definition) is 4. The molecule has 106 valence electrons. The van der Waals surface area contributed by atoms with Crippen LogP contribution in [-0.4, -0.2) is 36.1 Å². The average Bonchev–Trinajstić information content (AvgIpc) is 2.51. The molecule has 0 radical (unpaired) electrons. The topological polar surface area (TPSA) is 54.2 Å². The van der Waals surface area contributed by atoms with Crippen LogP contribution < -0.4 is 11.1 Å². The van der Waals surface area contributed by atoms with Gasteiger partial charge in [-0.25, -0.2) is 0 Å². The summed E-state index contributed by atoms with van der Waals surface area (Å²) >= 11 is 0. The molecule has 0 spiro atoms. The van der Waals surface area contributed by atoms with E-state index in [2.05, 4.69) is 27.3 Å². The molecule has 1 aromatic heterocycles. The van der Waals surface area contributed by atoms with E-state index in [4.69, 9.17) is 5.73 Å². The van der Waals surface area contributed by atoms with Crippen LogP contribution in [0.2, 0.25) is 0 Å². The highest BCUT2D eigenvalue weighted by Gasteiger charge is 2.09. The number of nitrogens with zero attached hydrogens (tertiary/aromatic N) is 2. The van der Waals surface area contributed by atoms with Gasteiger partial charge >= 0.3 is 0 Å². The van der Waals surface area contributed by atoms with Crippen molar-refractivity contribution in [3.63, 3.8) is 0 Å².